The van der Waals surface area contributed by atoms with Crippen molar-refractivity contribution in [2.75, 3.05) is 29.5 Å². The summed E-state index contributed by atoms with van der Waals surface area (Å²) in [5.74, 6) is 0.446. The van der Waals surface area contributed by atoms with Crippen molar-refractivity contribution >= 4 is 29.5 Å². The molecule has 1 atom stereocenters. The van der Waals surface area contributed by atoms with E-state index in [1.165, 1.54) is 19.3 Å². The summed E-state index contributed by atoms with van der Waals surface area (Å²) in [7, 11) is 0. The summed E-state index contributed by atoms with van der Waals surface area (Å²) in [4.78, 5) is 30.7. The lowest BCUT2D eigenvalue weighted by molar-refractivity contribution is -0.140. The van der Waals surface area contributed by atoms with Crippen molar-refractivity contribution in [2.45, 2.75) is 38.1 Å². The van der Waals surface area contributed by atoms with Crippen LogP contribution in [-0.4, -0.2) is 46.1 Å². The van der Waals surface area contributed by atoms with E-state index in [1.807, 2.05) is 0 Å². The van der Waals surface area contributed by atoms with Gasteiger partial charge in [0.15, 0.2) is 0 Å². The van der Waals surface area contributed by atoms with E-state index in [0.717, 1.165) is 18.9 Å². The van der Waals surface area contributed by atoms with Crippen LogP contribution < -0.4 is 21.7 Å². The van der Waals surface area contributed by atoms with Gasteiger partial charge in [0.25, 0.3) is 0 Å². The van der Waals surface area contributed by atoms with Crippen LogP contribution in [0.4, 0.5) is 17.6 Å². The molecule has 2 saturated heterocycles. The van der Waals surface area contributed by atoms with Gasteiger partial charge in [-0.25, -0.2) is 4.79 Å². The maximum Gasteiger partial charge on any atom is 0.326 e. The normalized spacial score (nSPS) is 20.4. The van der Waals surface area contributed by atoms with Gasteiger partial charge in [0.2, 0.25) is 11.9 Å². The Balaban J connectivity index is 0.000000185. The van der Waals surface area contributed by atoms with Crippen molar-refractivity contribution < 1.29 is 14.7 Å². The first-order valence-corrected chi connectivity index (χ1v) is 7.63. The smallest absolute Gasteiger partial charge is 0.326 e. The molecule has 1 aromatic rings. The SMILES string of the molecule is Nc1cc(N2CCCCC2)nc(N)n1.O=C1CC[C@@H](C(=O)O)N1. The zero-order valence-corrected chi connectivity index (χ0v) is 12.9. The van der Waals surface area contributed by atoms with Crippen molar-refractivity contribution in [3.63, 3.8) is 0 Å². The standard InChI is InChI=1S/C9H15N5.C5H7NO3/c10-7-6-8(13-9(11)12-7)14-4-2-1-3-5-14;7-4-2-1-3(6-4)5(8)9/h6H,1-5H2,(H4,10,11,12,13);3H,1-2H2,(H,6,7)(H,8,9)/t;3-/m.0/s1. The van der Waals surface area contributed by atoms with Crippen LogP contribution in [-0.2, 0) is 9.59 Å². The molecule has 0 aromatic carbocycles. The molecular formula is C14H22N6O3. The predicted molar refractivity (Wildman–Crippen MR) is 85.7 cm³/mol. The van der Waals surface area contributed by atoms with E-state index in [9.17, 15) is 9.59 Å². The Morgan fingerprint density at radius 3 is 2.43 bits per heavy atom. The number of carbonyl (C=O) groups is 2. The third-order valence-corrected chi connectivity index (χ3v) is 3.72. The Morgan fingerprint density at radius 2 is 1.96 bits per heavy atom. The molecule has 0 unspecified atom stereocenters. The highest BCUT2D eigenvalue weighted by molar-refractivity contribution is 5.87. The van der Waals surface area contributed by atoms with Gasteiger partial charge in [-0.1, -0.05) is 0 Å². The van der Waals surface area contributed by atoms with Crippen LogP contribution >= 0.6 is 0 Å². The lowest BCUT2D eigenvalue weighted by Gasteiger charge is -2.27. The summed E-state index contributed by atoms with van der Waals surface area (Å²) in [5.41, 5.74) is 11.1. The molecule has 0 saturated carbocycles. The first kappa shape index (κ1) is 16.8. The second-order valence-electron chi connectivity index (χ2n) is 5.55. The van der Waals surface area contributed by atoms with Gasteiger partial charge in [-0.15, -0.1) is 0 Å². The minimum Gasteiger partial charge on any atom is -0.480 e. The highest BCUT2D eigenvalue weighted by Crippen LogP contribution is 2.19. The lowest BCUT2D eigenvalue weighted by Crippen LogP contribution is -2.32. The number of hydrogen-bond acceptors (Lipinski definition) is 7. The monoisotopic (exact) mass is 322 g/mol. The number of nitrogens with zero attached hydrogens (tertiary/aromatic N) is 3. The molecule has 0 bridgehead atoms. The largest absolute Gasteiger partial charge is 0.480 e. The number of carboxylic acid groups (broad SMARTS) is 1. The second kappa shape index (κ2) is 7.61. The number of carbonyl (C=O) groups excluding carboxylic acids is 1. The number of rotatable bonds is 2. The van der Waals surface area contributed by atoms with Gasteiger partial charge in [0.05, 0.1) is 0 Å². The van der Waals surface area contributed by atoms with Crippen LogP contribution in [0.1, 0.15) is 32.1 Å². The van der Waals surface area contributed by atoms with E-state index in [-0.39, 0.29) is 11.9 Å². The molecular weight excluding hydrogens is 300 g/mol. The van der Waals surface area contributed by atoms with Crippen LogP contribution in [0.5, 0.6) is 0 Å². The highest BCUT2D eigenvalue weighted by atomic mass is 16.4. The van der Waals surface area contributed by atoms with E-state index in [0.29, 0.717) is 18.7 Å². The fraction of sp³-hybridized carbons (Fsp3) is 0.571. The number of aromatic nitrogens is 2. The number of nitrogen functional groups attached to an aromatic ring is 2. The number of hydrogen-bond donors (Lipinski definition) is 4. The summed E-state index contributed by atoms with van der Waals surface area (Å²) >= 11 is 0. The lowest BCUT2D eigenvalue weighted by atomic mass is 10.1. The average Bonchev–Trinajstić information content (AvgIpc) is 2.95. The summed E-state index contributed by atoms with van der Waals surface area (Å²) in [6, 6.07) is 1.14. The number of amides is 1. The summed E-state index contributed by atoms with van der Waals surface area (Å²) in [6.07, 6.45) is 4.49. The van der Waals surface area contributed by atoms with E-state index in [1.54, 1.807) is 6.07 Å². The fourth-order valence-corrected chi connectivity index (χ4v) is 2.56. The molecule has 9 nitrogen and oxygen atoms in total. The van der Waals surface area contributed by atoms with Crippen molar-refractivity contribution in [2.24, 2.45) is 0 Å². The van der Waals surface area contributed by atoms with E-state index in [2.05, 4.69) is 20.2 Å². The number of nitrogens with two attached hydrogens (primary N) is 2. The molecule has 0 radical (unpaired) electrons. The molecule has 1 aromatic heterocycles. The van der Waals surface area contributed by atoms with Crippen molar-refractivity contribution in [1.29, 1.82) is 0 Å². The third kappa shape index (κ3) is 4.97. The van der Waals surface area contributed by atoms with Gasteiger partial charge >= 0.3 is 5.97 Å². The number of aliphatic carboxylic acids is 1. The Labute approximate surface area is 134 Å². The quantitative estimate of drug-likeness (QED) is 0.594. The number of carboxylic acids is 1. The topological polar surface area (TPSA) is 147 Å². The van der Waals surface area contributed by atoms with Crippen LogP contribution in [0.2, 0.25) is 0 Å². The van der Waals surface area contributed by atoms with E-state index < -0.39 is 12.0 Å². The zero-order chi connectivity index (χ0) is 16.8. The van der Waals surface area contributed by atoms with E-state index >= 15 is 0 Å². The Hall–Kier alpha value is -2.58. The van der Waals surface area contributed by atoms with Crippen molar-refractivity contribution in [1.82, 2.24) is 15.3 Å². The molecule has 2 aliphatic rings. The van der Waals surface area contributed by atoms with Gasteiger partial charge in [0.1, 0.15) is 17.7 Å². The van der Waals surface area contributed by atoms with Gasteiger partial charge in [-0.3, -0.25) is 4.79 Å². The third-order valence-electron chi connectivity index (χ3n) is 3.72. The number of nitrogens with one attached hydrogen (secondary N) is 1. The predicted octanol–water partition coefficient (Wildman–Crippen LogP) is -0.0191. The maximum atomic E-state index is 10.4. The second-order valence-corrected chi connectivity index (χ2v) is 5.55. The molecule has 2 aliphatic heterocycles. The van der Waals surface area contributed by atoms with Crippen LogP contribution in [0.15, 0.2) is 6.07 Å². The average molecular weight is 322 g/mol. The Kier molecular flexibility index (Phi) is 5.56. The van der Waals surface area contributed by atoms with Crippen molar-refractivity contribution in [3.8, 4) is 0 Å². The molecule has 126 valence electrons. The number of anilines is 3. The summed E-state index contributed by atoms with van der Waals surface area (Å²) < 4.78 is 0. The minimum absolute atomic E-state index is 0.164. The summed E-state index contributed by atoms with van der Waals surface area (Å²) in [6.45, 7) is 2.08. The molecule has 1 amide bonds. The Morgan fingerprint density at radius 1 is 1.26 bits per heavy atom. The molecule has 23 heavy (non-hydrogen) atoms. The zero-order valence-electron chi connectivity index (χ0n) is 12.9. The number of piperidine rings is 1. The molecule has 6 N–H and O–H groups in total. The highest BCUT2D eigenvalue weighted by Gasteiger charge is 2.26. The minimum atomic E-state index is -0.944. The fourth-order valence-electron chi connectivity index (χ4n) is 2.56. The van der Waals surface area contributed by atoms with Gasteiger partial charge < -0.3 is 26.8 Å². The molecule has 2 fully saturated rings. The van der Waals surface area contributed by atoms with Gasteiger partial charge in [-0.2, -0.15) is 9.97 Å². The molecule has 0 aliphatic carbocycles. The van der Waals surface area contributed by atoms with Gasteiger partial charge in [0, 0.05) is 25.6 Å². The summed E-state index contributed by atoms with van der Waals surface area (Å²) in [5, 5.41) is 10.6. The Bertz CT molecular complexity index is 553. The van der Waals surface area contributed by atoms with Gasteiger partial charge in [-0.05, 0) is 25.7 Å². The molecule has 9 heteroatoms. The maximum absolute atomic E-state index is 10.4. The first-order valence-electron chi connectivity index (χ1n) is 7.63. The first-order chi connectivity index (χ1) is 11.0. The van der Waals surface area contributed by atoms with Crippen LogP contribution in [0.25, 0.3) is 0 Å². The molecule has 0 spiro atoms. The van der Waals surface area contributed by atoms with Crippen LogP contribution in [0, 0.1) is 0 Å². The molecule has 3 rings (SSSR count). The van der Waals surface area contributed by atoms with Crippen molar-refractivity contribution in [3.05, 3.63) is 6.07 Å². The van der Waals surface area contributed by atoms with E-state index in [4.69, 9.17) is 16.6 Å². The molecule has 3 heterocycles. The van der Waals surface area contributed by atoms with Crippen LogP contribution in [0.3, 0.4) is 0 Å².